The Hall–Kier alpha value is -1.13. The van der Waals surface area contributed by atoms with Gasteiger partial charge in [-0.2, -0.15) is 8.42 Å². The van der Waals surface area contributed by atoms with Crippen molar-refractivity contribution in [2.75, 3.05) is 26.6 Å². The van der Waals surface area contributed by atoms with Gasteiger partial charge in [0.05, 0.1) is 37.7 Å². The third-order valence-corrected chi connectivity index (χ3v) is 3.37. The summed E-state index contributed by atoms with van der Waals surface area (Å²) in [7, 11) is -1.67. The van der Waals surface area contributed by atoms with Crippen LogP contribution in [0.2, 0.25) is 0 Å². The molecule has 10 heteroatoms. The topological polar surface area (TPSA) is 116 Å². The molecule has 1 aromatic carbocycles. The fourth-order valence-corrected chi connectivity index (χ4v) is 2.07. The van der Waals surface area contributed by atoms with Gasteiger partial charge in [0.15, 0.2) is 0 Å². The molecule has 0 amide bonds. The first-order chi connectivity index (χ1) is 10.3. The average molecular weight is 355 g/mol. The zero-order valence-electron chi connectivity index (χ0n) is 13.1. The molecule has 0 heterocycles. The van der Waals surface area contributed by atoms with E-state index in [0.717, 1.165) is 0 Å². The molecule has 0 aliphatic rings. The van der Waals surface area contributed by atoms with Crippen LogP contribution in [-0.2, 0) is 19.6 Å². The second-order valence-corrected chi connectivity index (χ2v) is 5.79. The first-order valence-electron chi connectivity index (χ1n) is 6.16. The Balaban J connectivity index is 0.00000484. The van der Waals surface area contributed by atoms with Crippen molar-refractivity contribution >= 4 is 51.6 Å². The van der Waals surface area contributed by atoms with Crippen molar-refractivity contribution in [1.82, 2.24) is 0 Å². The van der Waals surface area contributed by atoms with Crippen molar-refractivity contribution < 1.29 is 36.8 Å². The van der Waals surface area contributed by atoms with E-state index in [0.29, 0.717) is 0 Å². The van der Waals surface area contributed by atoms with E-state index in [1.807, 2.05) is 0 Å². The molecular formula is C13H16NaO8S. The van der Waals surface area contributed by atoms with Crippen molar-refractivity contribution in [2.45, 2.75) is 6.42 Å². The Morgan fingerprint density at radius 3 is 1.91 bits per heavy atom. The van der Waals surface area contributed by atoms with Gasteiger partial charge in [-0.15, -0.1) is 0 Å². The number of hydrogen-bond acceptors (Lipinski definition) is 7. The zero-order valence-corrected chi connectivity index (χ0v) is 15.9. The monoisotopic (exact) mass is 355 g/mol. The smallest absolute Gasteiger partial charge is 0.338 e. The first kappa shape index (κ1) is 21.9. The second-order valence-electron chi connectivity index (χ2n) is 4.22. The maximum absolute atomic E-state index is 11.5. The Morgan fingerprint density at radius 1 is 1.04 bits per heavy atom. The van der Waals surface area contributed by atoms with E-state index in [9.17, 15) is 18.0 Å². The average Bonchev–Trinajstić information content (AvgIpc) is 2.48. The minimum Gasteiger partial charge on any atom is -0.494 e. The summed E-state index contributed by atoms with van der Waals surface area (Å²) in [5, 5.41) is 0. The summed E-state index contributed by atoms with van der Waals surface area (Å²) in [5.74, 6) is -1.59. The van der Waals surface area contributed by atoms with E-state index in [2.05, 4.69) is 9.47 Å². The maximum Gasteiger partial charge on any atom is 0.338 e. The fourth-order valence-electron chi connectivity index (χ4n) is 1.59. The molecule has 1 radical (unpaired) electrons. The fraction of sp³-hybridized carbons (Fsp3) is 0.385. The van der Waals surface area contributed by atoms with Gasteiger partial charge in [0, 0.05) is 29.6 Å². The van der Waals surface area contributed by atoms with Gasteiger partial charge in [-0.3, -0.25) is 4.55 Å². The van der Waals surface area contributed by atoms with Crippen LogP contribution in [0, 0.1) is 0 Å². The molecule has 0 saturated heterocycles. The summed E-state index contributed by atoms with van der Waals surface area (Å²) in [5.41, 5.74) is 0.186. The first-order valence-corrected chi connectivity index (χ1v) is 7.77. The molecule has 0 aromatic heterocycles. The SMILES string of the molecule is COC(=O)c1cc(OCCCS(=O)(=O)O)cc(C(=O)OC)c1.[Na]. The number of carbonyl (C=O) groups excluding carboxylic acids is 2. The molecule has 0 fully saturated rings. The minimum absolute atomic E-state index is 0. The van der Waals surface area contributed by atoms with Crippen molar-refractivity contribution in [3.8, 4) is 5.75 Å². The third-order valence-electron chi connectivity index (χ3n) is 2.56. The third kappa shape index (κ3) is 7.80. The summed E-state index contributed by atoms with van der Waals surface area (Å²) in [6.07, 6.45) is 0.0504. The van der Waals surface area contributed by atoms with Crippen LogP contribution in [0.3, 0.4) is 0 Å². The number of hydrogen-bond donors (Lipinski definition) is 1. The van der Waals surface area contributed by atoms with Crippen LogP contribution in [0.15, 0.2) is 18.2 Å². The van der Waals surface area contributed by atoms with E-state index in [-0.39, 0.29) is 59.5 Å². The molecule has 0 unspecified atom stereocenters. The van der Waals surface area contributed by atoms with Crippen molar-refractivity contribution in [3.05, 3.63) is 29.3 Å². The van der Waals surface area contributed by atoms with Crippen LogP contribution in [0.1, 0.15) is 27.1 Å². The van der Waals surface area contributed by atoms with E-state index < -0.39 is 27.8 Å². The molecule has 8 nitrogen and oxygen atoms in total. The quantitative estimate of drug-likeness (QED) is 0.326. The van der Waals surface area contributed by atoms with Crippen LogP contribution in [0.25, 0.3) is 0 Å². The molecule has 0 aliphatic heterocycles. The second kappa shape index (κ2) is 9.89. The molecule has 0 aliphatic carbocycles. The number of methoxy groups -OCH3 is 2. The summed E-state index contributed by atoms with van der Waals surface area (Å²) >= 11 is 0. The molecule has 1 aromatic rings. The van der Waals surface area contributed by atoms with Crippen LogP contribution >= 0.6 is 0 Å². The van der Waals surface area contributed by atoms with Gasteiger partial charge in [-0.1, -0.05) is 0 Å². The minimum atomic E-state index is -4.06. The van der Waals surface area contributed by atoms with Gasteiger partial charge in [-0.05, 0) is 24.6 Å². The zero-order chi connectivity index (χ0) is 16.8. The van der Waals surface area contributed by atoms with Gasteiger partial charge >= 0.3 is 11.9 Å². The Morgan fingerprint density at radius 2 is 1.52 bits per heavy atom. The predicted octanol–water partition coefficient (Wildman–Crippen LogP) is 0.536. The number of esters is 2. The van der Waals surface area contributed by atoms with Gasteiger partial charge < -0.3 is 14.2 Å². The molecule has 0 spiro atoms. The van der Waals surface area contributed by atoms with Crippen LogP contribution in [0.5, 0.6) is 5.75 Å². The van der Waals surface area contributed by atoms with E-state index in [1.165, 1.54) is 32.4 Å². The van der Waals surface area contributed by atoms with Gasteiger partial charge in [0.1, 0.15) is 5.75 Å². The standard InChI is InChI=1S/C13H16O8S.Na/c1-19-12(14)9-6-10(13(15)20-2)8-11(7-9)21-4-3-5-22(16,17)18;/h6-8H,3-5H2,1-2H3,(H,16,17,18);. The maximum atomic E-state index is 11.5. The summed E-state index contributed by atoms with van der Waals surface area (Å²) < 4.78 is 44.2. The van der Waals surface area contributed by atoms with E-state index in [4.69, 9.17) is 9.29 Å². The van der Waals surface area contributed by atoms with Crippen molar-refractivity contribution in [2.24, 2.45) is 0 Å². The summed E-state index contributed by atoms with van der Waals surface area (Å²) in [4.78, 5) is 23.1. The normalized spacial score (nSPS) is 10.4. The number of rotatable bonds is 7. The molecule has 1 N–H and O–H groups in total. The van der Waals surface area contributed by atoms with Gasteiger partial charge in [-0.25, -0.2) is 9.59 Å². The predicted molar refractivity (Wildman–Crippen MR) is 81.4 cm³/mol. The van der Waals surface area contributed by atoms with Crippen LogP contribution in [-0.4, -0.2) is 81.0 Å². The molecule has 1 rings (SSSR count). The Labute approximate surface area is 156 Å². The molecule has 0 saturated carbocycles. The van der Waals surface area contributed by atoms with Crippen molar-refractivity contribution in [3.63, 3.8) is 0 Å². The molecular weight excluding hydrogens is 339 g/mol. The van der Waals surface area contributed by atoms with Gasteiger partial charge in [0.25, 0.3) is 10.1 Å². The van der Waals surface area contributed by atoms with Crippen LogP contribution < -0.4 is 4.74 Å². The summed E-state index contributed by atoms with van der Waals surface area (Å²) in [6, 6.07) is 4.00. The number of ether oxygens (including phenoxy) is 3. The van der Waals surface area contributed by atoms with Crippen LogP contribution in [0.4, 0.5) is 0 Å². The van der Waals surface area contributed by atoms with E-state index in [1.54, 1.807) is 0 Å². The molecule has 123 valence electrons. The number of benzene rings is 1. The van der Waals surface area contributed by atoms with E-state index >= 15 is 0 Å². The largest absolute Gasteiger partial charge is 0.494 e. The summed E-state index contributed by atoms with van der Waals surface area (Å²) in [6.45, 7) is -0.0228. The molecule has 0 atom stereocenters. The van der Waals surface area contributed by atoms with Crippen molar-refractivity contribution in [1.29, 1.82) is 0 Å². The Bertz CT molecular complexity index is 622. The van der Waals surface area contributed by atoms with Gasteiger partial charge in [0.2, 0.25) is 0 Å². The Kier molecular flexibility index (Phi) is 9.40. The molecule has 23 heavy (non-hydrogen) atoms. The number of carbonyl (C=O) groups is 2. The molecule has 0 bridgehead atoms.